The van der Waals surface area contributed by atoms with Crippen molar-refractivity contribution in [1.29, 1.82) is 0 Å². The molecule has 19 heavy (non-hydrogen) atoms. The fourth-order valence-corrected chi connectivity index (χ4v) is 3.18. The van der Waals surface area contributed by atoms with Crippen LogP contribution in [0.15, 0.2) is 41.2 Å². The average molecular weight is 287 g/mol. The van der Waals surface area contributed by atoms with E-state index in [0.717, 1.165) is 28.6 Å². The molecule has 0 amide bonds. The Morgan fingerprint density at radius 3 is 2.74 bits per heavy atom. The summed E-state index contributed by atoms with van der Waals surface area (Å²) in [6, 6.07) is 10.2. The Kier molecular flexibility index (Phi) is 3.57. The van der Waals surface area contributed by atoms with Gasteiger partial charge in [0.1, 0.15) is 0 Å². The summed E-state index contributed by atoms with van der Waals surface area (Å²) < 4.78 is 0. The molecule has 0 aliphatic rings. The molecule has 0 fully saturated rings. The molecule has 96 valence electrons. The highest BCUT2D eigenvalue weighted by Gasteiger charge is 2.05. The maximum Gasteiger partial charge on any atom is 0.183 e. The van der Waals surface area contributed by atoms with Gasteiger partial charge in [-0.15, -0.1) is 22.7 Å². The molecule has 0 bridgehead atoms. The summed E-state index contributed by atoms with van der Waals surface area (Å²) in [5.74, 6) is 0. The molecule has 2 heterocycles. The number of aryl methyl sites for hydroxylation is 1. The minimum absolute atomic E-state index is 0.790. The fourth-order valence-electron chi connectivity index (χ4n) is 1.75. The van der Waals surface area contributed by atoms with Crippen LogP contribution >= 0.6 is 22.7 Å². The first-order valence-corrected chi connectivity index (χ1v) is 7.72. The summed E-state index contributed by atoms with van der Waals surface area (Å²) >= 11 is 3.31. The first kappa shape index (κ1) is 12.3. The molecule has 1 N–H and O–H groups in total. The number of thiazole rings is 2. The summed E-state index contributed by atoms with van der Waals surface area (Å²) in [6.45, 7) is 2.82. The van der Waals surface area contributed by atoms with Crippen molar-refractivity contribution >= 4 is 27.8 Å². The summed E-state index contributed by atoms with van der Waals surface area (Å²) in [5.41, 5.74) is 5.15. The van der Waals surface area contributed by atoms with Crippen LogP contribution in [0.5, 0.6) is 0 Å². The minimum atomic E-state index is 0.790. The van der Waals surface area contributed by atoms with Gasteiger partial charge in [0.2, 0.25) is 0 Å². The highest BCUT2D eigenvalue weighted by molar-refractivity contribution is 7.14. The van der Waals surface area contributed by atoms with E-state index in [1.165, 1.54) is 4.88 Å². The van der Waals surface area contributed by atoms with Gasteiger partial charge in [0.15, 0.2) is 5.13 Å². The zero-order chi connectivity index (χ0) is 13.1. The minimum Gasteiger partial charge on any atom is -0.357 e. The van der Waals surface area contributed by atoms with E-state index in [4.69, 9.17) is 0 Å². The van der Waals surface area contributed by atoms with Crippen LogP contribution in [-0.4, -0.2) is 9.97 Å². The van der Waals surface area contributed by atoms with E-state index in [0.29, 0.717) is 0 Å². The molecular weight excluding hydrogens is 274 g/mol. The third-order valence-electron chi connectivity index (χ3n) is 2.82. The zero-order valence-electron chi connectivity index (χ0n) is 10.5. The van der Waals surface area contributed by atoms with Crippen molar-refractivity contribution in [3.63, 3.8) is 0 Å². The monoisotopic (exact) mass is 287 g/mol. The second-order valence-corrected chi connectivity index (χ2v) is 5.92. The largest absolute Gasteiger partial charge is 0.357 e. The lowest BCUT2D eigenvalue weighted by atomic mass is 10.2. The van der Waals surface area contributed by atoms with Gasteiger partial charge in [-0.3, -0.25) is 0 Å². The van der Waals surface area contributed by atoms with Crippen LogP contribution in [0, 0.1) is 6.92 Å². The maximum atomic E-state index is 4.60. The van der Waals surface area contributed by atoms with E-state index in [1.54, 1.807) is 22.7 Å². The lowest BCUT2D eigenvalue weighted by molar-refractivity contribution is 1.11. The smallest absolute Gasteiger partial charge is 0.183 e. The van der Waals surface area contributed by atoms with Crippen LogP contribution in [0.4, 0.5) is 5.13 Å². The van der Waals surface area contributed by atoms with Gasteiger partial charge in [-0.25, -0.2) is 9.97 Å². The van der Waals surface area contributed by atoms with Crippen molar-refractivity contribution < 1.29 is 0 Å². The molecule has 0 aliphatic carbocycles. The Morgan fingerprint density at radius 1 is 1.16 bits per heavy atom. The molecule has 0 spiro atoms. The van der Waals surface area contributed by atoms with Gasteiger partial charge < -0.3 is 5.32 Å². The molecule has 1 aromatic carbocycles. The van der Waals surface area contributed by atoms with Crippen LogP contribution in [0.25, 0.3) is 11.3 Å². The Bertz CT molecular complexity index is 658. The van der Waals surface area contributed by atoms with Gasteiger partial charge in [0.05, 0.1) is 23.4 Å². The fraction of sp³-hybridized carbons (Fsp3) is 0.143. The quantitative estimate of drug-likeness (QED) is 0.782. The van der Waals surface area contributed by atoms with Gasteiger partial charge in [-0.1, -0.05) is 30.3 Å². The molecule has 0 radical (unpaired) electrons. The molecule has 5 heteroatoms. The second-order valence-electron chi connectivity index (χ2n) is 4.12. The lowest BCUT2D eigenvalue weighted by Gasteiger charge is -2.00. The van der Waals surface area contributed by atoms with Crippen molar-refractivity contribution in [3.05, 3.63) is 51.8 Å². The van der Waals surface area contributed by atoms with Crippen LogP contribution in [0.3, 0.4) is 0 Å². The normalized spacial score (nSPS) is 10.6. The molecular formula is C14H13N3S2. The van der Waals surface area contributed by atoms with Crippen molar-refractivity contribution in [2.75, 3.05) is 5.32 Å². The average Bonchev–Trinajstić information content (AvgIpc) is 3.06. The van der Waals surface area contributed by atoms with E-state index >= 15 is 0 Å². The van der Waals surface area contributed by atoms with Crippen molar-refractivity contribution in [1.82, 2.24) is 9.97 Å². The molecule has 0 saturated heterocycles. The van der Waals surface area contributed by atoms with E-state index in [-0.39, 0.29) is 0 Å². The number of nitrogens with zero attached hydrogens (tertiary/aromatic N) is 2. The first-order valence-electron chi connectivity index (χ1n) is 5.97. The van der Waals surface area contributed by atoms with E-state index in [2.05, 4.69) is 32.8 Å². The van der Waals surface area contributed by atoms with Crippen molar-refractivity contribution in [2.24, 2.45) is 0 Å². The van der Waals surface area contributed by atoms with E-state index in [1.807, 2.05) is 30.6 Å². The van der Waals surface area contributed by atoms with E-state index < -0.39 is 0 Å². The highest BCUT2D eigenvalue weighted by atomic mass is 32.1. The summed E-state index contributed by atoms with van der Waals surface area (Å²) in [7, 11) is 0. The predicted octanol–water partition coefficient (Wildman–Crippen LogP) is 4.19. The second kappa shape index (κ2) is 5.50. The van der Waals surface area contributed by atoms with Crippen LogP contribution in [-0.2, 0) is 6.54 Å². The molecule has 2 aromatic heterocycles. The Balaban J connectivity index is 1.70. The molecule has 0 saturated carbocycles. The molecule has 0 atom stereocenters. The van der Waals surface area contributed by atoms with Gasteiger partial charge >= 0.3 is 0 Å². The van der Waals surface area contributed by atoms with Crippen molar-refractivity contribution in [2.45, 2.75) is 13.5 Å². The standard InChI is InChI=1S/C14H13N3S2/c1-10-13(19-9-16-10)7-15-14-17-12(8-18-14)11-5-3-2-4-6-11/h2-6,8-9H,7H2,1H3,(H,15,17). The number of hydrogen-bond donors (Lipinski definition) is 1. The van der Waals surface area contributed by atoms with Gasteiger partial charge in [-0.05, 0) is 6.92 Å². The number of hydrogen-bond acceptors (Lipinski definition) is 5. The summed E-state index contributed by atoms with van der Waals surface area (Å²) in [6.07, 6.45) is 0. The number of benzene rings is 1. The van der Waals surface area contributed by atoms with Crippen LogP contribution in [0.1, 0.15) is 10.6 Å². The Hall–Kier alpha value is -1.72. The van der Waals surface area contributed by atoms with Crippen LogP contribution in [0.2, 0.25) is 0 Å². The van der Waals surface area contributed by atoms with Crippen LogP contribution < -0.4 is 5.32 Å². The first-order chi connectivity index (χ1) is 9.33. The zero-order valence-corrected chi connectivity index (χ0v) is 12.1. The van der Waals surface area contributed by atoms with Gasteiger partial charge in [-0.2, -0.15) is 0 Å². The highest BCUT2D eigenvalue weighted by Crippen LogP contribution is 2.25. The number of rotatable bonds is 4. The third-order valence-corrected chi connectivity index (χ3v) is 4.55. The molecule has 0 aliphatic heterocycles. The topological polar surface area (TPSA) is 37.8 Å². The predicted molar refractivity (Wildman–Crippen MR) is 81.7 cm³/mol. The number of anilines is 1. The van der Waals surface area contributed by atoms with Gasteiger partial charge in [0, 0.05) is 15.8 Å². The molecule has 3 rings (SSSR count). The maximum absolute atomic E-state index is 4.60. The summed E-state index contributed by atoms with van der Waals surface area (Å²) in [5, 5.41) is 6.39. The van der Waals surface area contributed by atoms with Crippen molar-refractivity contribution in [3.8, 4) is 11.3 Å². The SMILES string of the molecule is Cc1ncsc1CNc1nc(-c2ccccc2)cs1. The Morgan fingerprint density at radius 2 is 2.00 bits per heavy atom. The Labute approximate surface area is 120 Å². The molecule has 3 nitrogen and oxygen atoms in total. The number of nitrogens with one attached hydrogen (secondary N) is 1. The molecule has 3 aromatic rings. The third kappa shape index (κ3) is 2.83. The van der Waals surface area contributed by atoms with E-state index in [9.17, 15) is 0 Å². The van der Waals surface area contributed by atoms with Gasteiger partial charge in [0.25, 0.3) is 0 Å². The molecule has 0 unspecified atom stereocenters. The lowest BCUT2D eigenvalue weighted by Crippen LogP contribution is -1.98. The summed E-state index contributed by atoms with van der Waals surface area (Å²) in [4.78, 5) is 10.1. The number of aromatic nitrogens is 2.